The van der Waals surface area contributed by atoms with Crippen LogP contribution in [0.15, 0.2) is 12.2 Å². The minimum Gasteiger partial charge on any atom is -0.366 e. The molecule has 3 rings (SSSR count). The van der Waals surface area contributed by atoms with Crippen LogP contribution in [0.3, 0.4) is 0 Å². The molecule has 2 fully saturated rings. The first-order valence-corrected chi connectivity index (χ1v) is 4.05. The van der Waals surface area contributed by atoms with Crippen molar-refractivity contribution in [2.24, 2.45) is 11.8 Å². The van der Waals surface area contributed by atoms with E-state index in [1.165, 1.54) is 12.2 Å². The first-order chi connectivity index (χ1) is 5.96. The summed E-state index contributed by atoms with van der Waals surface area (Å²) in [5.74, 6) is -10.4. The summed E-state index contributed by atoms with van der Waals surface area (Å²) >= 11 is 0. The normalized spacial score (nSPS) is 53.2. The van der Waals surface area contributed by atoms with Gasteiger partial charge in [-0.1, -0.05) is 12.2 Å². The van der Waals surface area contributed by atoms with Gasteiger partial charge < -0.3 is 4.74 Å². The van der Waals surface area contributed by atoms with E-state index in [1.54, 1.807) is 0 Å². The number of halogens is 4. The smallest absolute Gasteiger partial charge is 0.316 e. The molecule has 1 aliphatic carbocycles. The van der Waals surface area contributed by atoms with Crippen LogP contribution in [0.1, 0.15) is 0 Å². The first-order valence-electron chi connectivity index (χ1n) is 4.05. The van der Waals surface area contributed by atoms with E-state index in [0.717, 1.165) is 0 Å². The molecule has 2 aliphatic heterocycles. The summed E-state index contributed by atoms with van der Waals surface area (Å²) in [5, 5.41) is 0. The molecule has 1 saturated carbocycles. The predicted octanol–water partition coefficient (Wildman–Crippen LogP) is 1.84. The second-order valence-corrected chi connectivity index (χ2v) is 3.75. The fourth-order valence-electron chi connectivity index (χ4n) is 2.52. The summed E-state index contributed by atoms with van der Waals surface area (Å²) in [5.41, 5.74) is 0. The summed E-state index contributed by atoms with van der Waals surface area (Å²) in [6.07, 6.45) is 1.30. The largest absolute Gasteiger partial charge is 0.366 e. The van der Waals surface area contributed by atoms with Gasteiger partial charge in [-0.2, -0.15) is 17.6 Å². The maximum atomic E-state index is 12.9. The van der Waals surface area contributed by atoms with Crippen LogP contribution in [0.2, 0.25) is 0 Å². The van der Waals surface area contributed by atoms with Crippen LogP contribution in [-0.2, 0) is 4.74 Å². The number of fused-ring (bicyclic) bond motifs is 5. The van der Waals surface area contributed by atoms with E-state index in [4.69, 9.17) is 4.74 Å². The Labute approximate surface area is 71.4 Å². The lowest BCUT2D eigenvalue weighted by atomic mass is 9.61. The van der Waals surface area contributed by atoms with Crippen molar-refractivity contribution in [3.63, 3.8) is 0 Å². The van der Waals surface area contributed by atoms with Gasteiger partial charge in [0.05, 0.1) is 24.0 Å². The molecule has 0 amide bonds. The Balaban J connectivity index is 2.04. The molecule has 2 heterocycles. The molecule has 0 spiro atoms. The van der Waals surface area contributed by atoms with Gasteiger partial charge >= 0.3 is 11.8 Å². The van der Waals surface area contributed by atoms with E-state index < -0.39 is 35.9 Å². The van der Waals surface area contributed by atoms with Crippen molar-refractivity contribution < 1.29 is 22.3 Å². The van der Waals surface area contributed by atoms with E-state index in [1.807, 2.05) is 0 Å². The molecule has 72 valence electrons. The van der Waals surface area contributed by atoms with Crippen LogP contribution in [0, 0.1) is 11.8 Å². The number of hydrogen-bond acceptors (Lipinski definition) is 1. The monoisotopic (exact) mass is 194 g/mol. The van der Waals surface area contributed by atoms with Crippen molar-refractivity contribution in [2.45, 2.75) is 24.1 Å². The molecule has 2 bridgehead atoms. The van der Waals surface area contributed by atoms with E-state index in [-0.39, 0.29) is 0 Å². The molecule has 1 saturated heterocycles. The van der Waals surface area contributed by atoms with E-state index in [0.29, 0.717) is 0 Å². The molecule has 0 aromatic heterocycles. The van der Waals surface area contributed by atoms with E-state index in [9.17, 15) is 17.6 Å². The van der Waals surface area contributed by atoms with Gasteiger partial charge in [0, 0.05) is 0 Å². The number of alkyl halides is 4. The highest BCUT2D eigenvalue weighted by Crippen LogP contribution is 2.67. The Hall–Kier alpha value is -0.580. The van der Waals surface area contributed by atoms with Crippen molar-refractivity contribution in [1.82, 2.24) is 0 Å². The number of ether oxygens (including phenoxy) is 1. The Morgan fingerprint density at radius 3 is 1.62 bits per heavy atom. The third kappa shape index (κ3) is 0.591. The Bertz CT molecular complexity index is 271. The standard InChI is InChI=1S/C8H6F4O/c9-7(10)5-3-1-2-4(13-3)6(5)8(7,11)12/h1-6H/t3-,4+,5-,6-/m1/s1. The lowest BCUT2D eigenvalue weighted by Gasteiger charge is -2.49. The minimum atomic E-state index is -3.89. The van der Waals surface area contributed by atoms with Crippen LogP contribution in [-0.4, -0.2) is 24.1 Å². The summed E-state index contributed by atoms with van der Waals surface area (Å²) < 4.78 is 56.4. The molecule has 5 heteroatoms. The molecule has 0 N–H and O–H groups in total. The fourth-order valence-corrected chi connectivity index (χ4v) is 2.52. The van der Waals surface area contributed by atoms with Crippen molar-refractivity contribution >= 4 is 0 Å². The highest BCUT2D eigenvalue weighted by molar-refractivity contribution is 5.28. The van der Waals surface area contributed by atoms with Gasteiger partial charge in [0.2, 0.25) is 0 Å². The SMILES string of the molecule is FC1(F)[C@H]2[C@@H]([C@H]3C=C[C@@H]2O3)C1(F)F. The summed E-state index contributed by atoms with van der Waals surface area (Å²) in [6.45, 7) is 0. The van der Waals surface area contributed by atoms with Gasteiger partial charge in [0.1, 0.15) is 0 Å². The molecule has 0 radical (unpaired) electrons. The van der Waals surface area contributed by atoms with Crippen LogP contribution in [0.25, 0.3) is 0 Å². The second kappa shape index (κ2) is 1.78. The Kier molecular flexibility index (Phi) is 1.06. The fraction of sp³-hybridized carbons (Fsp3) is 0.750. The maximum absolute atomic E-state index is 12.9. The van der Waals surface area contributed by atoms with Gasteiger partial charge in [-0.25, -0.2) is 0 Å². The van der Waals surface area contributed by atoms with Gasteiger partial charge in [-0.3, -0.25) is 0 Å². The van der Waals surface area contributed by atoms with Crippen molar-refractivity contribution in [3.05, 3.63) is 12.2 Å². The van der Waals surface area contributed by atoms with Gasteiger partial charge in [0.25, 0.3) is 0 Å². The molecule has 0 aromatic carbocycles. The molecule has 0 aromatic rings. The third-order valence-electron chi connectivity index (χ3n) is 3.18. The molecular formula is C8H6F4O. The highest BCUT2D eigenvalue weighted by Gasteiger charge is 2.84. The van der Waals surface area contributed by atoms with Crippen LogP contribution >= 0.6 is 0 Å². The van der Waals surface area contributed by atoms with Crippen molar-refractivity contribution in [2.75, 3.05) is 0 Å². The van der Waals surface area contributed by atoms with Crippen molar-refractivity contribution in [3.8, 4) is 0 Å². The summed E-state index contributed by atoms with van der Waals surface area (Å²) in [6, 6.07) is 0. The molecule has 0 unspecified atom stereocenters. The zero-order chi connectivity index (χ0) is 9.43. The van der Waals surface area contributed by atoms with Crippen LogP contribution < -0.4 is 0 Å². The summed E-state index contributed by atoms with van der Waals surface area (Å²) in [7, 11) is 0. The average molecular weight is 194 g/mol. The van der Waals surface area contributed by atoms with Gasteiger partial charge in [0.15, 0.2) is 0 Å². The topological polar surface area (TPSA) is 9.23 Å². The zero-order valence-electron chi connectivity index (χ0n) is 6.38. The van der Waals surface area contributed by atoms with Gasteiger partial charge in [-0.15, -0.1) is 0 Å². The first kappa shape index (κ1) is 7.79. The Morgan fingerprint density at radius 1 is 0.846 bits per heavy atom. The van der Waals surface area contributed by atoms with E-state index in [2.05, 4.69) is 0 Å². The van der Waals surface area contributed by atoms with E-state index >= 15 is 0 Å². The lowest BCUT2D eigenvalue weighted by molar-refractivity contribution is -0.346. The third-order valence-corrected chi connectivity index (χ3v) is 3.18. The summed E-state index contributed by atoms with van der Waals surface area (Å²) in [4.78, 5) is 0. The second-order valence-electron chi connectivity index (χ2n) is 3.75. The molecular weight excluding hydrogens is 188 g/mol. The van der Waals surface area contributed by atoms with Crippen LogP contribution in [0.5, 0.6) is 0 Å². The quantitative estimate of drug-likeness (QED) is 0.422. The van der Waals surface area contributed by atoms with Crippen LogP contribution in [0.4, 0.5) is 17.6 Å². The number of rotatable bonds is 0. The zero-order valence-corrected chi connectivity index (χ0v) is 6.38. The lowest BCUT2D eigenvalue weighted by Crippen LogP contribution is -2.69. The number of hydrogen-bond donors (Lipinski definition) is 0. The minimum absolute atomic E-state index is 0.801. The Morgan fingerprint density at radius 2 is 1.23 bits per heavy atom. The maximum Gasteiger partial charge on any atom is 0.316 e. The average Bonchev–Trinajstić information content (AvgIpc) is 2.60. The molecule has 1 nitrogen and oxygen atoms in total. The molecule has 13 heavy (non-hydrogen) atoms. The van der Waals surface area contributed by atoms with Crippen molar-refractivity contribution in [1.29, 1.82) is 0 Å². The predicted molar refractivity (Wildman–Crippen MR) is 34.7 cm³/mol. The molecule has 4 atom stereocenters. The van der Waals surface area contributed by atoms with Gasteiger partial charge in [-0.05, 0) is 0 Å². The highest BCUT2D eigenvalue weighted by atomic mass is 19.3. The molecule has 3 aliphatic rings.